The fourth-order valence-electron chi connectivity index (χ4n) is 3.25. The third-order valence-corrected chi connectivity index (χ3v) is 5.06. The van der Waals surface area contributed by atoms with Gasteiger partial charge in [0.1, 0.15) is 0 Å². The molecule has 0 aromatic heterocycles. The Kier molecular flexibility index (Phi) is 5.85. The molecule has 0 aliphatic carbocycles. The smallest absolute Gasteiger partial charge is 0.220 e. The number of nitrogens with one attached hydrogen (secondary N) is 2. The van der Waals surface area contributed by atoms with Crippen LogP contribution in [0.5, 0.6) is 0 Å². The molecule has 2 unspecified atom stereocenters. The van der Waals surface area contributed by atoms with Crippen molar-refractivity contribution in [1.29, 1.82) is 0 Å². The third-order valence-electron chi connectivity index (χ3n) is 5.06. The maximum atomic E-state index is 12.1. The lowest BCUT2D eigenvalue weighted by Gasteiger charge is -2.34. The van der Waals surface area contributed by atoms with Crippen LogP contribution in [0.15, 0.2) is 0 Å². The van der Waals surface area contributed by atoms with E-state index in [4.69, 9.17) is 4.74 Å². The van der Waals surface area contributed by atoms with Crippen molar-refractivity contribution in [2.75, 3.05) is 32.8 Å². The van der Waals surface area contributed by atoms with Crippen molar-refractivity contribution in [1.82, 2.24) is 10.6 Å². The van der Waals surface area contributed by atoms with E-state index >= 15 is 0 Å². The van der Waals surface area contributed by atoms with Crippen molar-refractivity contribution < 1.29 is 9.53 Å². The minimum absolute atomic E-state index is 0.218. The van der Waals surface area contributed by atoms with E-state index in [0.29, 0.717) is 18.3 Å². The summed E-state index contributed by atoms with van der Waals surface area (Å²) >= 11 is 0. The quantitative estimate of drug-likeness (QED) is 0.810. The Morgan fingerprint density at radius 3 is 2.85 bits per heavy atom. The number of hydrogen-bond acceptors (Lipinski definition) is 3. The van der Waals surface area contributed by atoms with Gasteiger partial charge >= 0.3 is 0 Å². The highest BCUT2D eigenvalue weighted by atomic mass is 16.5. The summed E-state index contributed by atoms with van der Waals surface area (Å²) in [4.78, 5) is 12.1. The maximum Gasteiger partial charge on any atom is 0.220 e. The van der Waals surface area contributed by atoms with Crippen LogP contribution in [0, 0.1) is 17.3 Å². The summed E-state index contributed by atoms with van der Waals surface area (Å²) in [7, 11) is 0. The van der Waals surface area contributed by atoms with Gasteiger partial charge in [-0.15, -0.1) is 0 Å². The molecule has 2 heterocycles. The molecule has 116 valence electrons. The fraction of sp³-hybridized carbons (Fsp3) is 0.938. The van der Waals surface area contributed by atoms with Crippen molar-refractivity contribution in [2.45, 2.75) is 46.0 Å². The van der Waals surface area contributed by atoms with Crippen LogP contribution in [-0.4, -0.2) is 38.8 Å². The van der Waals surface area contributed by atoms with Crippen LogP contribution in [0.3, 0.4) is 0 Å². The number of piperidine rings is 1. The molecule has 2 N–H and O–H groups in total. The van der Waals surface area contributed by atoms with E-state index in [1.54, 1.807) is 0 Å². The van der Waals surface area contributed by atoms with Gasteiger partial charge in [-0.2, -0.15) is 0 Å². The molecular weight excluding hydrogens is 252 g/mol. The molecule has 0 spiro atoms. The molecule has 2 rings (SSSR count). The van der Waals surface area contributed by atoms with Crippen molar-refractivity contribution in [3.05, 3.63) is 0 Å². The van der Waals surface area contributed by atoms with Gasteiger partial charge in [-0.25, -0.2) is 0 Å². The standard InChI is InChI=1S/C16H30N2O2/c1-13(14-4-3-7-17-11-14)10-15(19)18-12-16(2)5-8-20-9-6-16/h13-14,17H,3-12H2,1-2H3,(H,18,19). The van der Waals surface area contributed by atoms with Crippen LogP contribution >= 0.6 is 0 Å². The molecule has 0 bridgehead atoms. The topological polar surface area (TPSA) is 50.4 Å². The molecule has 0 radical (unpaired) electrons. The molecule has 2 atom stereocenters. The first kappa shape index (κ1) is 15.8. The third kappa shape index (κ3) is 4.74. The zero-order valence-electron chi connectivity index (χ0n) is 13.0. The number of amides is 1. The summed E-state index contributed by atoms with van der Waals surface area (Å²) in [5.74, 6) is 1.36. The summed E-state index contributed by atoms with van der Waals surface area (Å²) in [5, 5.41) is 6.58. The molecule has 2 aliphatic rings. The van der Waals surface area contributed by atoms with Gasteiger partial charge in [-0.1, -0.05) is 13.8 Å². The first-order chi connectivity index (χ1) is 9.59. The number of carbonyl (C=O) groups excluding carboxylic acids is 1. The van der Waals surface area contributed by atoms with Crippen molar-refractivity contribution in [2.24, 2.45) is 17.3 Å². The van der Waals surface area contributed by atoms with Crippen molar-refractivity contribution in [3.63, 3.8) is 0 Å². The Bertz CT molecular complexity index is 308. The second-order valence-electron chi connectivity index (χ2n) is 6.99. The van der Waals surface area contributed by atoms with E-state index in [-0.39, 0.29) is 11.3 Å². The predicted molar refractivity (Wildman–Crippen MR) is 80.5 cm³/mol. The average molecular weight is 282 g/mol. The second kappa shape index (κ2) is 7.41. The van der Waals surface area contributed by atoms with Gasteiger partial charge in [-0.05, 0) is 56.0 Å². The molecule has 0 saturated carbocycles. The van der Waals surface area contributed by atoms with Crippen LogP contribution < -0.4 is 10.6 Å². The highest BCUT2D eigenvalue weighted by molar-refractivity contribution is 5.76. The minimum atomic E-state index is 0.218. The second-order valence-corrected chi connectivity index (χ2v) is 6.99. The number of rotatable bonds is 5. The van der Waals surface area contributed by atoms with Crippen LogP contribution in [0.2, 0.25) is 0 Å². The zero-order chi connectivity index (χ0) is 14.4. The molecule has 20 heavy (non-hydrogen) atoms. The number of ether oxygens (including phenoxy) is 1. The van der Waals surface area contributed by atoms with Crippen LogP contribution in [0.25, 0.3) is 0 Å². The molecule has 0 aromatic carbocycles. The lowest BCUT2D eigenvalue weighted by atomic mass is 9.82. The predicted octanol–water partition coefficient (Wildman–Crippen LogP) is 1.95. The zero-order valence-corrected chi connectivity index (χ0v) is 13.0. The summed E-state index contributed by atoms with van der Waals surface area (Å²) < 4.78 is 5.40. The monoisotopic (exact) mass is 282 g/mol. The SMILES string of the molecule is CC(CC(=O)NCC1(C)CCOCC1)C1CCCNC1. The first-order valence-corrected chi connectivity index (χ1v) is 8.14. The van der Waals surface area contributed by atoms with Gasteiger partial charge in [0.2, 0.25) is 5.91 Å². The highest BCUT2D eigenvalue weighted by Gasteiger charge is 2.28. The summed E-state index contributed by atoms with van der Waals surface area (Å²) in [6, 6.07) is 0. The molecule has 0 aromatic rings. The number of hydrogen-bond donors (Lipinski definition) is 2. The van der Waals surface area contributed by atoms with Gasteiger partial charge in [0.05, 0.1) is 0 Å². The fourth-order valence-corrected chi connectivity index (χ4v) is 3.25. The Morgan fingerprint density at radius 1 is 1.45 bits per heavy atom. The lowest BCUT2D eigenvalue weighted by molar-refractivity contribution is -0.123. The molecule has 2 aliphatic heterocycles. The Balaban J connectivity index is 1.69. The van der Waals surface area contributed by atoms with Crippen molar-refractivity contribution in [3.8, 4) is 0 Å². The largest absolute Gasteiger partial charge is 0.381 e. The Morgan fingerprint density at radius 2 is 2.20 bits per heavy atom. The van der Waals surface area contributed by atoms with Gasteiger partial charge in [0, 0.05) is 26.2 Å². The Hall–Kier alpha value is -0.610. The van der Waals surface area contributed by atoms with Crippen LogP contribution in [0.1, 0.15) is 46.0 Å². The first-order valence-electron chi connectivity index (χ1n) is 8.14. The highest BCUT2D eigenvalue weighted by Crippen LogP contribution is 2.29. The van der Waals surface area contributed by atoms with E-state index < -0.39 is 0 Å². The van der Waals surface area contributed by atoms with Crippen molar-refractivity contribution >= 4 is 5.91 Å². The van der Waals surface area contributed by atoms with E-state index in [1.165, 1.54) is 12.8 Å². The molecule has 4 nitrogen and oxygen atoms in total. The molecule has 2 saturated heterocycles. The van der Waals surface area contributed by atoms with Gasteiger partial charge in [0.15, 0.2) is 0 Å². The number of carbonyl (C=O) groups is 1. The van der Waals surface area contributed by atoms with E-state index in [1.807, 2.05) is 0 Å². The van der Waals surface area contributed by atoms with Gasteiger partial charge in [-0.3, -0.25) is 4.79 Å². The maximum absolute atomic E-state index is 12.1. The van der Waals surface area contributed by atoms with E-state index in [2.05, 4.69) is 24.5 Å². The van der Waals surface area contributed by atoms with E-state index in [0.717, 1.165) is 45.7 Å². The molecule has 1 amide bonds. The van der Waals surface area contributed by atoms with Crippen LogP contribution in [-0.2, 0) is 9.53 Å². The van der Waals surface area contributed by atoms with Gasteiger partial charge in [0.25, 0.3) is 0 Å². The normalized spacial score (nSPS) is 27.8. The van der Waals surface area contributed by atoms with E-state index in [9.17, 15) is 4.79 Å². The molecular formula is C16H30N2O2. The Labute approximate surface area is 123 Å². The molecule has 4 heteroatoms. The minimum Gasteiger partial charge on any atom is -0.381 e. The van der Waals surface area contributed by atoms with Crippen LogP contribution in [0.4, 0.5) is 0 Å². The lowest BCUT2D eigenvalue weighted by Crippen LogP contribution is -2.40. The summed E-state index contributed by atoms with van der Waals surface area (Å²) in [6.07, 6.45) is 5.27. The van der Waals surface area contributed by atoms with Gasteiger partial charge < -0.3 is 15.4 Å². The average Bonchev–Trinajstić information content (AvgIpc) is 2.47. The summed E-state index contributed by atoms with van der Waals surface area (Å²) in [5.41, 5.74) is 0.226. The molecule has 2 fully saturated rings. The summed E-state index contributed by atoms with van der Waals surface area (Å²) in [6.45, 7) is 9.13.